The van der Waals surface area contributed by atoms with E-state index in [1.54, 1.807) is 0 Å². The zero-order valence-electron chi connectivity index (χ0n) is 27.7. The zero-order chi connectivity index (χ0) is 36.7. The lowest BCUT2D eigenvalue weighted by Gasteiger charge is -2.18. The van der Waals surface area contributed by atoms with Gasteiger partial charge in [-0.05, 0) is 25.7 Å². The van der Waals surface area contributed by atoms with Crippen molar-refractivity contribution < 1.29 is 67.9 Å². The Morgan fingerprint density at radius 2 is 0.980 bits per heavy atom. The quantitative estimate of drug-likeness (QED) is 0.0283. The lowest BCUT2D eigenvalue weighted by Crippen LogP contribution is -2.51. The first-order valence-corrected chi connectivity index (χ1v) is 16.1. The number of rotatable bonds is 32. The second kappa shape index (κ2) is 30.0. The fraction of sp³-hybridized carbons (Fsp3) is 0.759. The molecule has 0 unspecified atom stereocenters. The fourth-order valence-corrected chi connectivity index (χ4v) is 3.96. The van der Waals surface area contributed by atoms with Crippen molar-refractivity contribution in [2.75, 3.05) is 65.9 Å². The molecule has 0 radical (unpaired) electrons. The van der Waals surface area contributed by atoms with Crippen LogP contribution in [0, 0.1) is 0 Å². The van der Waals surface area contributed by atoms with Gasteiger partial charge in [0.2, 0.25) is 17.7 Å². The molecular weight excluding hydrogens is 656 g/mol. The van der Waals surface area contributed by atoms with Crippen molar-refractivity contribution >= 4 is 41.7 Å². The summed E-state index contributed by atoms with van der Waals surface area (Å²) in [6, 6.07) is -4.09. The molecule has 0 bridgehead atoms. The van der Waals surface area contributed by atoms with Gasteiger partial charge >= 0.3 is 23.9 Å². The first-order valence-electron chi connectivity index (χ1n) is 16.1. The number of nitrogens with two attached hydrogens (primary N) is 1. The van der Waals surface area contributed by atoms with Gasteiger partial charge in [-0.2, -0.15) is 0 Å². The van der Waals surface area contributed by atoms with Crippen LogP contribution in [-0.2, 0) is 47.8 Å². The normalized spacial score (nSPS) is 11.9. The molecule has 0 aromatic heterocycles. The van der Waals surface area contributed by atoms with E-state index in [4.69, 9.17) is 30.3 Å². The fourth-order valence-electron chi connectivity index (χ4n) is 3.96. The smallest absolute Gasteiger partial charge is 0.326 e. The summed E-state index contributed by atoms with van der Waals surface area (Å²) < 4.78 is 16.1. The summed E-state index contributed by atoms with van der Waals surface area (Å²) in [6.07, 6.45) is 2.98. The number of carboxylic acids is 3. The van der Waals surface area contributed by atoms with E-state index in [0.29, 0.717) is 78.5 Å². The van der Waals surface area contributed by atoms with E-state index in [1.807, 2.05) is 5.32 Å². The van der Waals surface area contributed by atoms with Gasteiger partial charge in [0.25, 0.3) is 0 Å². The molecule has 0 saturated heterocycles. The van der Waals surface area contributed by atoms with Gasteiger partial charge in [0.1, 0.15) is 18.7 Å². The molecule has 0 aliphatic heterocycles. The van der Waals surface area contributed by atoms with Crippen molar-refractivity contribution in [3.8, 4) is 0 Å². The number of amides is 5. The van der Waals surface area contributed by atoms with Crippen LogP contribution >= 0.6 is 0 Å². The van der Waals surface area contributed by atoms with Crippen LogP contribution in [0.4, 0.5) is 4.79 Å². The molecule has 0 aliphatic carbocycles. The van der Waals surface area contributed by atoms with Gasteiger partial charge in [-0.1, -0.05) is 19.3 Å². The van der Waals surface area contributed by atoms with Crippen LogP contribution < -0.4 is 32.5 Å². The lowest BCUT2D eigenvalue weighted by atomic mass is 10.1. The first kappa shape index (κ1) is 44.9. The van der Waals surface area contributed by atoms with Crippen LogP contribution in [-0.4, -0.2) is 135 Å². The van der Waals surface area contributed by atoms with Crippen LogP contribution in [0.5, 0.6) is 0 Å². The Kier molecular flexibility index (Phi) is 27.5. The van der Waals surface area contributed by atoms with E-state index in [9.17, 15) is 38.7 Å². The molecule has 282 valence electrons. The minimum atomic E-state index is -1.52. The highest BCUT2D eigenvalue weighted by molar-refractivity contribution is 5.86. The maximum atomic E-state index is 12.1. The molecule has 0 saturated carbocycles. The van der Waals surface area contributed by atoms with Gasteiger partial charge in [0, 0.05) is 38.9 Å². The van der Waals surface area contributed by atoms with Crippen LogP contribution in [0.25, 0.3) is 0 Å². The van der Waals surface area contributed by atoms with Crippen molar-refractivity contribution in [2.45, 2.75) is 76.3 Å². The predicted octanol–water partition coefficient (Wildman–Crippen LogP) is -1.53. The summed E-state index contributed by atoms with van der Waals surface area (Å²) in [5.41, 5.74) is 0. The number of carboxylic acid groups (broad SMARTS) is 3. The van der Waals surface area contributed by atoms with E-state index < -0.39 is 48.4 Å². The monoisotopic (exact) mass is 708 g/mol. The highest BCUT2D eigenvalue weighted by Crippen LogP contribution is 2.06. The van der Waals surface area contributed by atoms with Gasteiger partial charge in [-0.3, -0.25) is 24.0 Å². The van der Waals surface area contributed by atoms with Crippen molar-refractivity contribution in [1.29, 1.82) is 0 Å². The number of aliphatic carboxylic acids is 3. The lowest BCUT2D eigenvalue weighted by molar-refractivity contribution is -0.141. The molecule has 10 N–H and O–H groups in total. The maximum Gasteiger partial charge on any atom is 0.326 e. The number of ether oxygens (including phenoxy) is 3. The zero-order valence-corrected chi connectivity index (χ0v) is 27.7. The summed E-state index contributed by atoms with van der Waals surface area (Å²) in [6.45, 7) is 3.11. The Balaban J connectivity index is 3.75. The van der Waals surface area contributed by atoms with E-state index >= 15 is 0 Å². The molecule has 20 nitrogen and oxygen atoms in total. The summed E-state index contributed by atoms with van der Waals surface area (Å²) in [5, 5.41) is 39.2. The summed E-state index contributed by atoms with van der Waals surface area (Å²) in [5.74, 6) is -0.150. The third-order valence-electron chi connectivity index (χ3n) is 6.51. The standard InChI is InChI=1S/C29H52N6O14/c30-49-20-25(38)33-13-15-47-17-19-48-18-16-46-14-12-32-23(36)6-4-2-1-3-5-11-31-24(37)9-7-21(27(41)42)34-29(45)35-22(28(43)44)8-10-26(39)40/h21-22H,1-20,30H2,(H,31,37)(H,32,36)(H,33,38)(H,39,40)(H,41,42)(H,43,44)(H2,34,35,45)/t21-,22-/m0/s1. The molecular formula is C29H52N6O14. The van der Waals surface area contributed by atoms with E-state index in [1.165, 1.54) is 0 Å². The predicted molar refractivity (Wildman–Crippen MR) is 170 cm³/mol. The van der Waals surface area contributed by atoms with Crippen LogP contribution in [0.2, 0.25) is 0 Å². The van der Waals surface area contributed by atoms with Gasteiger partial charge in [-0.15, -0.1) is 0 Å². The summed E-state index contributed by atoms with van der Waals surface area (Å²) in [7, 11) is 0. The second-order valence-corrected chi connectivity index (χ2v) is 10.6. The third kappa shape index (κ3) is 28.6. The average Bonchev–Trinajstić information content (AvgIpc) is 3.04. The number of carbonyl (C=O) groups is 7. The summed E-state index contributed by atoms with van der Waals surface area (Å²) >= 11 is 0. The topological polar surface area (TPSA) is 303 Å². The van der Waals surface area contributed by atoms with E-state index in [2.05, 4.69) is 26.1 Å². The van der Waals surface area contributed by atoms with Gasteiger partial charge in [0.05, 0.1) is 39.6 Å². The Morgan fingerprint density at radius 3 is 1.51 bits per heavy atom. The Morgan fingerprint density at radius 1 is 0.531 bits per heavy atom. The van der Waals surface area contributed by atoms with Gasteiger partial charge < -0.3 is 56.1 Å². The molecule has 0 heterocycles. The number of hydrogen-bond donors (Lipinski definition) is 9. The third-order valence-corrected chi connectivity index (χ3v) is 6.51. The molecule has 2 atom stereocenters. The first-order chi connectivity index (χ1) is 23.5. The maximum absolute atomic E-state index is 12.1. The van der Waals surface area contributed by atoms with Gasteiger partial charge in [-0.25, -0.2) is 20.3 Å². The van der Waals surface area contributed by atoms with Crippen molar-refractivity contribution in [2.24, 2.45) is 5.90 Å². The molecule has 0 aromatic rings. The molecule has 20 heteroatoms. The minimum Gasteiger partial charge on any atom is -0.481 e. The molecule has 0 aliphatic rings. The Bertz CT molecular complexity index is 1000. The van der Waals surface area contributed by atoms with Crippen LogP contribution in [0.1, 0.15) is 64.2 Å². The number of carbonyl (C=O) groups excluding carboxylic acids is 4. The average molecular weight is 709 g/mol. The van der Waals surface area contributed by atoms with Crippen molar-refractivity contribution in [3.05, 3.63) is 0 Å². The molecule has 0 fully saturated rings. The minimum absolute atomic E-state index is 0.0671. The molecule has 49 heavy (non-hydrogen) atoms. The number of nitrogens with one attached hydrogen (secondary N) is 5. The highest BCUT2D eigenvalue weighted by atomic mass is 16.6. The number of urea groups is 1. The Labute approximate surface area is 284 Å². The molecule has 0 aromatic carbocycles. The van der Waals surface area contributed by atoms with E-state index in [0.717, 1.165) is 19.3 Å². The Hall–Kier alpha value is -4.11. The van der Waals surface area contributed by atoms with Crippen molar-refractivity contribution in [1.82, 2.24) is 26.6 Å². The largest absolute Gasteiger partial charge is 0.481 e. The highest BCUT2D eigenvalue weighted by Gasteiger charge is 2.25. The molecule has 0 rings (SSSR count). The number of unbranched alkanes of at least 4 members (excludes halogenated alkanes) is 4. The molecule has 0 spiro atoms. The second-order valence-electron chi connectivity index (χ2n) is 10.6. The molecule has 5 amide bonds. The van der Waals surface area contributed by atoms with E-state index in [-0.39, 0.29) is 37.7 Å². The number of hydrogen-bond acceptors (Lipinski definition) is 12. The van der Waals surface area contributed by atoms with Crippen LogP contribution in [0.3, 0.4) is 0 Å². The van der Waals surface area contributed by atoms with Crippen LogP contribution in [0.15, 0.2) is 0 Å². The SMILES string of the molecule is NOCC(=O)NCCOCCOCCOCCNC(=O)CCCCCCCNC(=O)CC[C@H](NC(=O)N[C@@H](CCC(=O)O)C(=O)O)C(=O)O. The van der Waals surface area contributed by atoms with Gasteiger partial charge in [0.15, 0.2) is 0 Å². The summed E-state index contributed by atoms with van der Waals surface area (Å²) in [4.78, 5) is 84.7. The van der Waals surface area contributed by atoms with Crippen molar-refractivity contribution in [3.63, 3.8) is 0 Å².